The number of ether oxygens (including phenoxy) is 1. The van der Waals surface area contributed by atoms with Gasteiger partial charge < -0.3 is 20.1 Å². The Labute approximate surface area is 180 Å². The summed E-state index contributed by atoms with van der Waals surface area (Å²) in [5.74, 6) is -0.833. The fourth-order valence-corrected chi connectivity index (χ4v) is 3.40. The van der Waals surface area contributed by atoms with E-state index in [1.165, 1.54) is 0 Å². The number of rotatable bonds is 18. The Morgan fingerprint density at radius 2 is 0.897 bits per heavy atom. The number of hydrogen-bond donors (Lipinski definition) is 3. The maximum absolute atomic E-state index is 10.8. The zero-order valence-electron chi connectivity index (χ0n) is 20.0. The fraction of sp³-hybridized carbons (Fsp3) is 0.958. The maximum atomic E-state index is 10.8. The molecule has 5 heteroatoms. The molecule has 0 aliphatic carbocycles. The summed E-state index contributed by atoms with van der Waals surface area (Å²) >= 11 is 0. The first kappa shape index (κ1) is 30.5. The number of aliphatic carboxylic acids is 1. The fourth-order valence-electron chi connectivity index (χ4n) is 3.40. The van der Waals surface area contributed by atoms with Gasteiger partial charge in [0.05, 0.1) is 11.2 Å². The van der Waals surface area contributed by atoms with Crippen molar-refractivity contribution in [3.8, 4) is 0 Å². The van der Waals surface area contributed by atoms with Crippen LogP contribution in [0.5, 0.6) is 0 Å². The average Bonchev–Trinajstić information content (AvgIpc) is 2.67. The molecule has 0 bridgehead atoms. The van der Waals surface area contributed by atoms with Gasteiger partial charge in [0.15, 0.2) is 0 Å². The second-order valence-corrected chi connectivity index (χ2v) is 8.49. The highest BCUT2D eigenvalue weighted by atomic mass is 16.5. The van der Waals surface area contributed by atoms with Gasteiger partial charge in [0.25, 0.3) is 5.97 Å². The van der Waals surface area contributed by atoms with E-state index in [4.69, 9.17) is 14.6 Å². The van der Waals surface area contributed by atoms with Crippen LogP contribution in [0.15, 0.2) is 0 Å². The van der Waals surface area contributed by atoms with Crippen molar-refractivity contribution in [2.24, 2.45) is 0 Å². The van der Waals surface area contributed by atoms with Gasteiger partial charge in [-0.15, -0.1) is 0 Å². The minimum Gasteiger partial charge on any atom is -0.481 e. The van der Waals surface area contributed by atoms with Crippen molar-refractivity contribution in [3.05, 3.63) is 0 Å². The Hall–Kier alpha value is -0.650. The molecule has 0 unspecified atom stereocenters. The standard InChI is InChI=1S/C22H46O3.C2H4O2/c1-5-9-13-21(23,14-10-6-2)17-19-25-20-18-22(24,15-11-7-3)16-12-8-4;1-2(3)4/h23-24H,5-20H2,1-4H3;1H3,(H,3,4). The minimum atomic E-state index is -0.833. The summed E-state index contributed by atoms with van der Waals surface area (Å²) in [7, 11) is 0. The van der Waals surface area contributed by atoms with Crippen molar-refractivity contribution in [2.75, 3.05) is 13.2 Å². The summed E-state index contributed by atoms with van der Waals surface area (Å²) in [4.78, 5) is 9.00. The molecule has 0 saturated carbocycles. The summed E-state index contributed by atoms with van der Waals surface area (Å²) in [5.41, 5.74) is -1.13. The van der Waals surface area contributed by atoms with Gasteiger partial charge in [-0.2, -0.15) is 0 Å². The summed E-state index contributed by atoms with van der Waals surface area (Å²) in [5, 5.41) is 29.1. The van der Waals surface area contributed by atoms with Crippen molar-refractivity contribution in [1.82, 2.24) is 0 Å². The summed E-state index contributed by atoms with van der Waals surface area (Å²) in [6.45, 7) is 11.0. The van der Waals surface area contributed by atoms with Crippen LogP contribution in [-0.4, -0.2) is 45.7 Å². The Morgan fingerprint density at radius 3 is 1.10 bits per heavy atom. The molecule has 0 spiro atoms. The zero-order valence-corrected chi connectivity index (χ0v) is 20.0. The van der Waals surface area contributed by atoms with Crippen LogP contribution in [0.1, 0.15) is 125 Å². The molecular weight excluding hydrogens is 368 g/mol. The van der Waals surface area contributed by atoms with Gasteiger partial charge in [0.1, 0.15) is 0 Å². The molecule has 0 heterocycles. The van der Waals surface area contributed by atoms with Gasteiger partial charge in [0, 0.05) is 20.1 Å². The Morgan fingerprint density at radius 1 is 0.655 bits per heavy atom. The van der Waals surface area contributed by atoms with E-state index in [0.29, 0.717) is 13.2 Å². The van der Waals surface area contributed by atoms with Crippen molar-refractivity contribution in [2.45, 2.75) is 136 Å². The molecule has 0 saturated heterocycles. The van der Waals surface area contributed by atoms with Gasteiger partial charge in [-0.1, -0.05) is 79.1 Å². The predicted octanol–water partition coefficient (Wildman–Crippen LogP) is 6.10. The van der Waals surface area contributed by atoms with E-state index in [9.17, 15) is 10.2 Å². The van der Waals surface area contributed by atoms with E-state index >= 15 is 0 Å². The second-order valence-electron chi connectivity index (χ2n) is 8.49. The molecule has 0 amide bonds. The van der Waals surface area contributed by atoms with E-state index in [1.807, 2.05) is 0 Å². The molecule has 3 N–H and O–H groups in total. The largest absolute Gasteiger partial charge is 0.481 e. The van der Waals surface area contributed by atoms with Crippen LogP contribution in [0.3, 0.4) is 0 Å². The van der Waals surface area contributed by atoms with Crippen LogP contribution >= 0.6 is 0 Å². The maximum Gasteiger partial charge on any atom is 0.300 e. The number of carbonyl (C=O) groups is 1. The van der Waals surface area contributed by atoms with Crippen LogP contribution in [0.4, 0.5) is 0 Å². The lowest BCUT2D eigenvalue weighted by atomic mass is 9.87. The summed E-state index contributed by atoms with van der Waals surface area (Å²) in [6, 6.07) is 0. The lowest BCUT2D eigenvalue weighted by molar-refractivity contribution is -0.134. The number of carboxylic acids is 1. The van der Waals surface area contributed by atoms with Gasteiger partial charge in [-0.25, -0.2) is 0 Å². The molecule has 0 rings (SSSR count). The van der Waals surface area contributed by atoms with Crippen LogP contribution < -0.4 is 0 Å². The third kappa shape index (κ3) is 20.4. The molecule has 0 aromatic heterocycles. The van der Waals surface area contributed by atoms with E-state index in [0.717, 1.165) is 96.8 Å². The highest BCUT2D eigenvalue weighted by Crippen LogP contribution is 2.27. The lowest BCUT2D eigenvalue weighted by Gasteiger charge is -2.30. The summed E-state index contributed by atoms with van der Waals surface area (Å²) in [6.07, 6.45) is 13.7. The van der Waals surface area contributed by atoms with E-state index in [2.05, 4.69) is 27.7 Å². The predicted molar refractivity (Wildman–Crippen MR) is 121 cm³/mol. The molecule has 0 aliphatic rings. The molecule has 0 aromatic rings. The van der Waals surface area contributed by atoms with Gasteiger partial charge in [-0.05, 0) is 38.5 Å². The van der Waals surface area contributed by atoms with Crippen molar-refractivity contribution < 1.29 is 24.9 Å². The average molecular weight is 419 g/mol. The highest BCUT2D eigenvalue weighted by Gasteiger charge is 2.27. The van der Waals surface area contributed by atoms with Crippen LogP contribution in [0.2, 0.25) is 0 Å². The molecule has 0 radical (unpaired) electrons. The lowest BCUT2D eigenvalue weighted by Crippen LogP contribution is -2.32. The summed E-state index contributed by atoms with van der Waals surface area (Å²) < 4.78 is 5.82. The van der Waals surface area contributed by atoms with Crippen LogP contribution in [-0.2, 0) is 9.53 Å². The Bertz CT molecular complexity index is 322. The molecule has 0 atom stereocenters. The first-order chi connectivity index (χ1) is 13.7. The Kier molecular flexibility index (Phi) is 20.3. The van der Waals surface area contributed by atoms with E-state index < -0.39 is 17.2 Å². The monoisotopic (exact) mass is 418 g/mol. The minimum absolute atomic E-state index is 0.563. The van der Waals surface area contributed by atoms with Crippen molar-refractivity contribution in [3.63, 3.8) is 0 Å². The number of carboxylic acid groups (broad SMARTS) is 1. The van der Waals surface area contributed by atoms with E-state index in [-0.39, 0.29) is 0 Å². The van der Waals surface area contributed by atoms with Crippen molar-refractivity contribution in [1.29, 1.82) is 0 Å². The van der Waals surface area contributed by atoms with Crippen LogP contribution in [0, 0.1) is 0 Å². The first-order valence-electron chi connectivity index (χ1n) is 11.9. The SMILES string of the molecule is CC(=O)O.CCCCC(O)(CCCC)CCOCCC(O)(CCCC)CCCC. The second kappa shape index (κ2) is 19.3. The normalized spacial score (nSPS) is 11.8. The molecule has 29 heavy (non-hydrogen) atoms. The smallest absolute Gasteiger partial charge is 0.300 e. The zero-order chi connectivity index (χ0) is 22.6. The van der Waals surface area contributed by atoms with Crippen molar-refractivity contribution >= 4 is 5.97 Å². The third-order valence-electron chi connectivity index (χ3n) is 5.41. The Balaban J connectivity index is 0. The van der Waals surface area contributed by atoms with Crippen LogP contribution in [0.25, 0.3) is 0 Å². The molecule has 176 valence electrons. The molecule has 5 nitrogen and oxygen atoms in total. The molecule has 0 aromatic carbocycles. The number of hydrogen-bond acceptors (Lipinski definition) is 4. The number of unbranched alkanes of at least 4 members (excludes halogenated alkanes) is 4. The highest BCUT2D eigenvalue weighted by molar-refractivity contribution is 5.62. The van der Waals surface area contributed by atoms with Gasteiger partial charge in [0.2, 0.25) is 0 Å². The quantitative estimate of drug-likeness (QED) is 0.234. The van der Waals surface area contributed by atoms with Gasteiger partial charge >= 0.3 is 0 Å². The topological polar surface area (TPSA) is 87.0 Å². The molecular formula is C24H50O5. The first-order valence-corrected chi connectivity index (χ1v) is 11.9. The number of aliphatic hydroxyl groups is 2. The molecule has 0 aliphatic heterocycles. The van der Waals surface area contributed by atoms with E-state index in [1.54, 1.807) is 0 Å². The van der Waals surface area contributed by atoms with Gasteiger partial charge in [-0.3, -0.25) is 4.79 Å². The molecule has 0 fully saturated rings. The third-order valence-corrected chi connectivity index (χ3v) is 5.41.